The summed E-state index contributed by atoms with van der Waals surface area (Å²) < 4.78 is 4.73. The van der Waals surface area contributed by atoms with Gasteiger partial charge in [0.15, 0.2) is 0 Å². The number of hydrogen-bond acceptors (Lipinski definition) is 4. The van der Waals surface area contributed by atoms with E-state index in [9.17, 15) is 9.59 Å². The predicted octanol–water partition coefficient (Wildman–Crippen LogP) is 0.522. The third-order valence-corrected chi connectivity index (χ3v) is 1.50. The molecule has 15 heavy (non-hydrogen) atoms. The SMILES string of the molecule is CCOC(=O)N(CCN)C(=O)NC(C)C. The van der Waals surface area contributed by atoms with Gasteiger partial charge in [-0.1, -0.05) is 0 Å². The molecule has 0 fully saturated rings. The molecule has 0 aliphatic carbocycles. The summed E-state index contributed by atoms with van der Waals surface area (Å²) in [6.07, 6.45) is -0.666. The smallest absolute Gasteiger partial charge is 0.418 e. The van der Waals surface area contributed by atoms with Crippen LogP contribution in [0.5, 0.6) is 0 Å². The van der Waals surface area contributed by atoms with E-state index < -0.39 is 12.1 Å². The lowest BCUT2D eigenvalue weighted by atomic mass is 10.4. The van der Waals surface area contributed by atoms with Gasteiger partial charge in [0.1, 0.15) is 0 Å². The first-order valence-electron chi connectivity index (χ1n) is 4.97. The predicted molar refractivity (Wildman–Crippen MR) is 56.5 cm³/mol. The fourth-order valence-electron chi connectivity index (χ4n) is 0.931. The van der Waals surface area contributed by atoms with E-state index in [4.69, 9.17) is 10.5 Å². The molecule has 0 aliphatic heterocycles. The molecule has 0 aromatic rings. The summed E-state index contributed by atoms with van der Waals surface area (Å²) in [5, 5.41) is 2.60. The van der Waals surface area contributed by atoms with Crippen molar-refractivity contribution in [2.24, 2.45) is 5.73 Å². The zero-order chi connectivity index (χ0) is 11.8. The monoisotopic (exact) mass is 217 g/mol. The Morgan fingerprint density at radius 1 is 1.47 bits per heavy atom. The van der Waals surface area contributed by atoms with E-state index in [1.165, 1.54) is 0 Å². The lowest BCUT2D eigenvalue weighted by Gasteiger charge is -2.20. The molecule has 0 bridgehead atoms. The standard InChI is InChI=1S/C9H19N3O3/c1-4-15-9(14)12(6-5-10)8(13)11-7(2)3/h7H,4-6,10H2,1-3H3,(H,11,13). The molecular formula is C9H19N3O3. The number of imide groups is 1. The second kappa shape index (κ2) is 7.05. The molecule has 0 spiro atoms. The van der Waals surface area contributed by atoms with Crippen LogP contribution < -0.4 is 11.1 Å². The first kappa shape index (κ1) is 13.7. The van der Waals surface area contributed by atoms with E-state index in [1.54, 1.807) is 6.92 Å². The van der Waals surface area contributed by atoms with Gasteiger partial charge in [-0.15, -0.1) is 0 Å². The van der Waals surface area contributed by atoms with E-state index in [-0.39, 0.29) is 25.7 Å². The van der Waals surface area contributed by atoms with Crippen LogP contribution in [0.3, 0.4) is 0 Å². The van der Waals surface area contributed by atoms with E-state index in [0.29, 0.717) is 0 Å². The number of rotatable bonds is 4. The second-order valence-corrected chi connectivity index (χ2v) is 3.24. The number of nitrogens with zero attached hydrogens (tertiary/aromatic N) is 1. The molecule has 3 amide bonds. The van der Waals surface area contributed by atoms with Gasteiger partial charge in [0, 0.05) is 19.1 Å². The minimum absolute atomic E-state index is 0.0350. The van der Waals surface area contributed by atoms with Gasteiger partial charge in [0.2, 0.25) is 0 Å². The van der Waals surface area contributed by atoms with E-state index in [1.807, 2.05) is 13.8 Å². The summed E-state index contributed by atoms with van der Waals surface area (Å²) in [7, 11) is 0. The summed E-state index contributed by atoms with van der Waals surface area (Å²) in [5.74, 6) is 0. The van der Waals surface area contributed by atoms with Crippen LogP contribution in [-0.2, 0) is 4.74 Å². The molecule has 0 saturated carbocycles. The highest BCUT2D eigenvalue weighted by atomic mass is 16.6. The Morgan fingerprint density at radius 2 is 2.07 bits per heavy atom. The van der Waals surface area contributed by atoms with Crippen LogP contribution in [-0.4, -0.2) is 42.8 Å². The Hall–Kier alpha value is -1.30. The second-order valence-electron chi connectivity index (χ2n) is 3.24. The maximum atomic E-state index is 11.5. The minimum atomic E-state index is -0.666. The number of urea groups is 1. The van der Waals surface area contributed by atoms with Crippen molar-refractivity contribution in [3.8, 4) is 0 Å². The Kier molecular flexibility index (Phi) is 6.44. The van der Waals surface area contributed by atoms with Crippen molar-refractivity contribution < 1.29 is 14.3 Å². The third-order valence-electron chi connectivity index (χ3n) is 1.50. The molecule has 0 saturated heterocycles. The van der Waals surface area contributed by atoms with Gasteiger partial charge in [-0.25, -0.2) is 14.5 Å². The molecule has 0 unspecified atom stereocenters. The molecule has 0 aliphatic rings. The highest BCUT2D eigenvalue weighted by Crippen LogP contribution is 1.95. The van der Waals surface area contributed by atoms with Crippen molar-refractivity contribution in [1.29, 1.82) is 0 Å². The maximum Gasteiger partial charge on any atom is 0.418 e. The molecule has 0 rings (SSSR count). The van der Waals surface area contributed by atoms with Crippen molar-refractivity contribution in [3.63, 3.8) is 0 Å². The fraction of sp³-hybridized carbons (Fsp3) is 0.778. The summed E-state index contributed by atoms with van der Waals surface area (Å²) in [6.45, 7) is 5.89. The topological polar surface area (TPSA) is 84.7 Å². The normalized spacial score (nSPS) is 9.93. The zero-order valence-electron chi connectivity index (χ0n) is 9.45. The first-order valence-corrected chi connectivity index (χ1v) is 4.97. The Labute approximate surface area is 89.7 Å². The molecular weight excluding hydrogens is 198 g/mol. The molecule has 6 heteroatoms. The number of nitrogens with two attached hydrogens (primary N) is 1. The van der Waals surface area contributed by atoms with Gasteiger partial charge in [0.25, 0.3) is 0 Å². The average Bonchev–Trinajstić information content (AvgIpc) is 2.13. The molecule has 0 heterocycles. The fourth-order valence-corrected chi connectivity index (χ4v) is 0.931. The number of ether oxygens (including phenoxy) is 1. The van der Waals surface area contributed by atoms with Crippen LogP contribution in [0.25, 0.3) is 0 Å². The van der Waals surface area contributed by atoms with Crippen LogP contribution >= 0.6 is 0 Å². The quantitative estimate of drug-likeness (QED) is 0.719. The Bertz CT molecular complexity index is 219. The molecule has 88 valence electrons. The van der Waals surface area contributed by atoms with Gasteiger partial charge in [-0.3, -0.25) is 0 Å². The van der Waals surface area contributed by atoms with Crippen molar-refractivity contribution in [1.82, 2.24) is 10.2 Å². The Balaban J connectivity index is 4.36. The number of carbonyl (C=O) groups excluding carboxylic acids is 2. The summed E-state index contributed by atoms with van der Waals surface area (Å²) in [4.78, 5) is 23.8. The van der Waals surface area contributed by atoms with Crippen LogP contribution in [0, 0.1) is 0 Å². The highest BCUT2D eigenvalue weighted by Gasteiger charge is 2.21. The van der Waals surface area contributed by atoms with Crippen molar-refractivity contribution in [2.45, 2.75) is 26.8 Å². The molecule has 6 nitrogen and oxygen atoms in total. The molecule has 3 N–H and O–H groups in total. The summed E-state index contributed by atoms with van der Waals surface area (Å²) >= 11 is 0. The van der Waals surface area contributed by atoms with E-state index in [2.05, 4.69) is 5.32 Å². The molecule has 0 atom stereocenters. The van der Waals surface area contributed by atoms with Gasteiger partial charge >= 0.3 is 12.1 Å². The van der Waals surface area contributed by atoms with E-state index in [0.717, 1.165) is 4.90 Å². The average molecular weight is 217 g/mol. The zero-order valence-corrected chi connectivity index (χ0v) is 9.45. The molecule has 0 aromatic carbocycles. The number of amides is 3. The molecule has 0 aromatic heterocycles. The van der Waals surface area contributed by atoms with Gasteiger partial charge < -0.3 is 15.8 Å². The van der Waals surface area contributed by atoms with Crippen molar-refractivity contribution in [2.75, 3.05) is 19.7 Å². The van der Waals surface area contributed by atoms with Gasteiger partial charge in [-0.05, 0) is 20.8 Å². The van der Waals surface area contributed by atoms with Gasteiger partial charge in [0.05, 0.1) is 6.61 Å². The maximum absolute atomic E-state index is 11.5. The lowest BCUT2D eigenvalue weighted by Crippen LogP contribution is -2.48. The largest absolute Gasteiger partial charge is 0.449 e. The highest BCUT2D eigenvalue weighted by molar-refractivity contribution is 5.90. The minimum Gasteiger partial charge on any atom is -0.449 e. The lowest BCUT2D eigenvalue weighted by molar-refractivity contribution is 0.114. The van der Waals surface area contributed by atoms with Gasteiger partial charge in [-0.2, -0.15) is 0 Å². The van der Waals surface area contributed by atoms with Crippen molar-refractivity contribution >= 4 is 12.1 Å². The number of hydrogen-bond donors (Lipinski definition) is 2. The van der Waals surface area contributed by atoms with Crippen LogP contribution in [0.4, 0.5) is 9.59 Å². The van der Waals surface area contributed by atoms with Crippen LogP contribution in [0.1, 0.15) is 20.8 Å². The summed E-state index contributed by atoms with van der Waals surface area (Å²) in [6, 6.07) is -0.513. The van der Waals surface area contributed by atoms with Crippen LogP contribution in [0.2, 0.25) is 0 Å². The number of nitrogens with one attached hydrogen (secondary N) is 1. The van der Waals surface area contributed by atoms with Crippen LogP contribution in [0.15, 0.2) is 0 Å². The van der Waals surface area contributed by atoms with E-state index >= 15 is 0 Å². The first-order chi connectivity index (χ1) is 7.02. The Morgan fingerprint density at radius 3 is 2.47 bits per heavy atom. The molecule has 0 radical (unpaired) electrons. The third kappa shape index (κ3) is 5.21. The number of carbonyl (C=O) groups is 2. The summed E-state index contributed by atoms with van der Waals surface area (Å²) in [5.41, 5.74) is 5.30. The van der Waals surface area contributed by atoms with Crippen molar-refractivity contribution in [3.05, 3.63) is 0 Å².